The third kappa shape index (κ3) is 3.59. The van der Waals surface area contributed by atoms with Crippen LogP contribution in [-0.2, 0) is 14.3 Å². The van der Waals surface area contributed by atoms with Crippen LogP contribution in [-0.4, -0.2) is 18.9 Å². The van der Waals surface area contributed by atoms with E-state index in [1.54, 1.807) is 0 Å². The Kier molecular flexibility index (Phi) is 5.90. The largest absolute Gasteiger partial charge is 0.469 e. The maximum atomic E-state index is 12.1. The van der Waals surface area contributed by atoms with Crippen LogP contribution in [0.4, 0.5) is 0 Å². The Hall–Kier alpha value is -0.860. The van der Waals surface area contributed by atoms with Gasteiger partial charge in [0, 0.05) is 19.3 Å². The van der Waals surface area contributed by atoms with Crippen LogP contribution in [0.2, 0.25) is 0 Å². The number of ketones is 1. The topological polar surface area (TPSA) is 43.4 Å². The monoisotopic (exact) mass is 402 g/mol. The first-order valence-corrected chi connectivity index (χ1v) is 12.4. The number of hydrogen-bond acceptors (Lipinski definition) is 3. The van der Waals surface area contributed by atoms with E-state index >= 15 is 0 Å². The molecule has 0 heterocycles. The highest BCUT2D eigenvalue weighted by Gasteiger charge is 2.60. The van der Waals surface area contributed by atoms with Gasteiger partial charge in [0.15, 0.2) is 0 Å². The van der Waals surface area contributed by atoms with Gasteiger partial charge >= 0.3 is 5.97 Å². The van der Waals surface area contributed by atoms with Crippen LogP contribution in [0, 0.1) is 46.3 Å². The van der Waals surface area contributed by atoms with Crippen LogP contribution in [0.1, 0.15) is 97.8 Å². The van der Waals surface area contributed by atoms with E-state index in [-0.39, 0.29) is 5.97 Å². The molecule has 0 amide bonds. The van der Waals surface area contributed by atoms with Crippen LogP contribution in [0.5, 0.6) is 0 Å². The van der Waals surface area contributed by atoms with Crippen molar-refractivity contribution in [3.05, 3.63) is 0 Å². The zero-order valence-electron chi connectivity index (χ0n) is 19.2. The molecule has 4 aliphatic carbocycles. The lowest BCUT2D eigenvalue weighted by molar-refractivity contribution is -0.141. The summed E-state index contributed by atoms with van der Waals surface area (Å²) in [6.45, 7) is 7.60. The summed E-state index contributed by atoms with van der Waals surface area (Å²) in [6.07, 6.45) is 13.7. The predicted molar refractivity (Wildman–Crippen MR) is 115 cm³/mol. The summed E-state index contributed by atoms with van der Waals surface area (Å²) in [5.41, 5.74) is 0.905. The molecule has 3 heteroatoms. The van der Waals surface area contributed by atoms with E-state index in [2.05, 4.69) is 20.8 Å². The minimum absolute atomic E-state index is 0.0656. The lowest BCUT2D eigenvalue weighted by Gasteiger charge is -2.60. The van der Waals surface area contributed by atoms with Gasteiger partial charge in [-0.3, -0.25) is 9.59 Å². The Morgan fingerprint density at radius 2 is 1.83 bits per heavy atom. The zero-order chi connectivity index (χ0) is 20.8. The minimum Gasteiger partial charge on any atom is -0.469 e. The van der Waals surface area contributed by atoms with Crippen molar-refractivity contribution < 1.29 is 14.3 Å². The molecule has 4 unspecified atom stereocenters. The maximum absolute atomic E-state index is 12.1. The average molecular weight is 403 g/mol. The van der Waals surface area contributed by atoms with Crippen molar-refractivity contribution >= 4 is 11.8 Å². The number of rotatable bonds is 5. The van der Waals surface area contributed by atoms with Crippen molar-refractivity contribution in [1.29, 1.82) is 0 Å². The summed E-state index contributed by atoms with van der Waals surface area (Å²) in [6, 6.07) is 0. The van der Waals surface area contributed by atoms with Gasteiger partial charge in [0.1, 0.15) is 5.78 Å². The second kappa shape index (κ2) is 8.00. The van der Waals surface area contributed by atoms with E-state index in [0.717, 1.165) is 55.8 Å². The average Bonchev–Trinajstić information content (AvgIpc) is 3.05. The van der Waals surface area contributed by atoms with Gasteiger partial charge in [0.25, 0.3) is 0 Å². The molecule has 8 atom stereocenters. The number of hydrogen-bond donors (Lipinski definition) is 0. The van der Waals surface area contributed by atoms with Crippen LogP contribution in [0.25, 0.3) is 0 Å². The molecule has 4 rings (SSSR count). The molecule has 0 bridgehead atoms. The molecule has 4 aliphatic rings. The third-order valence-electron chi connectivity index (χ3n) is 10.5. The number of methoxy groups -OCH3 is 1. The molecule has 0 N–H and O–H groups in total. The Labute approximate surface area is 177 Å². The zero-order valence-corrected chi connectivity index (χ0v) is 19.2. The van der Waals surface area contributed by atoms with Crippen molar-refractivity contribution in [2.75, 3.05) is 7.11 Å². The van der Waals surface area contributed by atoms with Crippen molar-refractivity contribution in [3.8, 4) is 0 Å². The lowest BCUT2D eigenvalue weighted by Crippen LogP contribution is -2.53. The standard InChI is InChI=1S/C26H42O3/c1-17(6-5-7-24(28)29-4)21-10-11-22-20-9-8-18-16-19(27)12-14-25(18,2)23(20)13-15-26(21,22)3/h17-18,20-23H,5-16H2,1-4H3/t17?,18-,20?,21+,22?,23?,25-,26+/m0/s1. The summed E-state index contributed by atoms with van der Waals surface area (Å²) >= 11 is 0. The molecule has 0 aliphatic heterocycles. The fourth-order valence-corrected chi connectivity index (χ4v) is 8.89. The van der Waals surface area contributed by atoms with Gasteiger partial charge in [0.2, 0.25) is 0 Å². The van der Waals surface area contributed by atoms with Crippen molar-refractivity contribution in [2.45, 2.75) is 97.8 Å². The van der Waals surface area contributed by atoms with E-state index in [1.807, 2.05) is 0 Å². The van der Waals surface area contributed by atoms with Crippen molar-refractivity contribution in [3.63, 3.8) is 0 Å². The van der Waals surface area contributed by atoms with E-state index < -0.39 is 0 Å². The van der Waals surface area contributed by atoms with Crippen molar-refractivity contribution in [2.24, 2.45) is 46.3 Å². The Balaban J connectivity index is 1.44. The molecule has 0 aromatic heterocycles. The van der Waals surface area contributed by atoms with Gasteiger partial charge in [-0.2, -0.15) is 0 Å². The molecule has 164 valence electrons. The highest BCUT2D eigenvalue weighted by Crippen LogP contribution is 2.68. The first-order valence-electron chi connectivity index (χ1n) is 12.4. The molecule has 0 radical (unpaired) electrons. The van der Waals surface area contributed by atoms with Gasteiger partial charge in [-0.25, -0.2) is 0 Å². The van der Waals surface area contributed by atoms with Crippen molar-refractivity contribution in [1.82, 2.24) is 0 Å². The van der Waals surface area contributed by atoms with Crippen LogP contribution >= 0.6 is 0 Å². The van der Waals surface area contributed by atoms with E-state index in [1.165, 1.54) is 45.6 Å². The number of carbonyl (C=O) groups is 2. The normalized spacial score (nSPS) is 45.1. The number of ether oxygens (including phenoxy) is 1. The molecule has 0 aromatic carbocycles. The van der Waals surface area contributed by atoms with E-state index in [0.29, 0.717) is 34.9 Å². The molecule has 0 spiro atoms. The van der Waals surface area contributed by atoms with Crippen LogP contribution < -0.4 is 0 Å². The van der Waals surface area contributed by atoms with Gasteiger partial charge in [-0.1, -0.05) is 20.8 Å². The summed E-state index contributed by atoms with van der Waals surface area (Å²) < 4.78 is 4.82. The number of carbonyl (C=O) groups excluding carboxylic acids is 2. The van der Waals surface area contributed by atoms with Crippen LogP contribution in [0.3, 0.4) is 0 Å². The van der Waals surface area contributed by atoms with E-state index in [9.17, 15) is 9.59 Å². The molecule has 0 saturated heterocycles. The first kappa shape index (κ1) is 21.4. The number of Topliss-reactive ketones (excluding diaryl/α,β-unsaturated/α-hetero) is 1. The summed E-state index contributed by atoms with van der Waals surface area (Å²) in [7, 11) is 1.49. The van der Waals surface area contributed by atoms with E-state index in [4.69, 9.17) is 4.74 Å². The quantitative estimate of drug-likeness (QED) is 0.515. The second-order valence-electron chi connectivity index (χ2n) is 11.6. The summed E-state index contributed by atoms with van der Waals surface area (Å²) in [5, 5.41) is 0. The predicted octanol–water partition coefficient (Wildman–Crippen LogP) is 6.19. The molecular formula is C26H42O3. The Morgan fingerprint density at radius 1 is 1.07 bits per heavy atom. The highest BCUT2D eigenvalue weighted by atomic mass is 16.5. The molecular weight excluding hydrogens is 360 g/mol. The Bertz CT molecular complexity index is 642. The maximum Gasteiger partial charge on any atom is 0.305 e. The molecule has 4 saturated carbocycles. The molecule has 4 fully saturated rings. The smallest absolute Gasteiger partial charge is 0.305 e. The highest BCUT2D eigenvalue weighted by molar-refractivity contribution is 5.79. The van der Waals surface area contributed by atoms with Gasteiger partial charge < -0.3 is 4.74 Å². The lowest BCUT2D eigenvalue weighted by atomic mass is 9.44. The third-order valence-corrected chi connectivity index (χ3v) is 10.5. The Morgan fingerprint density at radius 3 is 2.59 bits per heavy atom. The molecule has 3 nitrogen and oxygen atoms in total. The summed E-state index contributed by atoms with van der Waals surface area (Å²) in [5.74, 6) is 5.23. The fraction of sp³-hybridized carbons (Fsp3) is 0.923. The van der Waals surface area contributed by atoms with Gasteiger partial charge in [0.05, 0.1) is 7.11 Å². The fourth-order valence-electron chi connectivity index (χ4n) is 8.89. The summed E-state index contributed by atoms with van der Waals surface area (Å²) in [4.78, 5) is 23.6. The van der Waals surface area contributed by atoms with Gasteiger partial charge in [-0.15, -0.1) is 0 Å². The second-order valence-corrected chi connectivity index (χ2v) is 11.6. The first-order chi connectivity index (χ1) is 13.8. The molecule has 0 aromatic rings. The van der Waals surface area contributed by atoms with Crippen LogP contribution in [0.15, 0.2) is 0 Å². The van der Waals surface area contributed by atoms with Gasteiger partial charge in [-0.05, 0) is 104 Å². The number of fused-ring (bicyclic) bond motifs is 5. The molecule has 29 heavy (non-hydrogen) atoms. The number of esters is 1. The SMILES string of the molecule is COC(=O)CCCC(C)[C@H]1CCC2C3CC[C@H]4CC(=O)CC[C@]4(C)C3CC[C@@]21C. The minimum atomic E-state index is -0.0656.